The summed E-state index contributed by atoms with van der Waals surface area (Å²) in [5.74, 6) is -0.552. The zero-order chi connectivity index (χ0) is 25.2. The molecule has 5 heterocycles. The molecule has 5 rings (SSSR count). The SMILES string of the molecule is COc1cc(-c2cc(C(=O)N3CCC(C(=O)NCc4cn5cccc(F)c5n4)CC3)[nH]n2)c(Cl)cn1. The number of H-pyrrole nitrogens is 1. The molecule has 0 atom stereocenters. The molecule has 4 aromatic rings. The van der Waals surface area contributed by atoms with Gasteiger partial charge < -0.3 is 19.4 Å². The first-order valence-electron chi connectivity index (χ1n) is 11.4. The summed E-state index contributed by atoms with van der Waals surface area (Å²) in [5.41, 5.74) is 2.23. The van der Waals surface area contributed by atoms with Crippen LogP contribution in [0.15, 0.2) is 42.9 Å². The molecule has 1 fully saturated rings. The number of halogens is 2. The normalized spacial score (nSPS) is 14.2. The molecule has 0 aliphatic carbocycles. The van der Waals surface area contributed by atoms with Crippen LogP contribution in [0.5, 0.6) is 5.88 Å². The third-order valence-electron chi connectivity index (χ3n) is 6.21. The van der Waals surface area contributed by atoms with E-state index in [4.69, 9.17) is 16.3 Å². The molecule has 0 bridgehead atoms. The molecule has 1 aliphatic rings. The van der Waals surface area contributed by atoms with Crippen LogP contribution in [0.4, 0.5) is 4.39 Å². The smallest absolute Gasteiger partial charge is 0.271 e. The number of methoxy groups -OCH3 is 1. The van der Waals surface area contributed by atoms with Crippen LogP contribution in [-0.2, 0) is 11.3 Å². The lowest BCUT2D eigenvalue weighted by molar-refractivity contribution is -0.126. The van der Waals surface area contributed by atoms with Gasteiger partial charge >= 0.3 is 0 Å². The average molecular weight is 512 g/mol. The summed E-state index contributed by atoms with van der Waals surface area (Å²) in [6, 6.07) is 6.23. The second-order valence-electron chi connectivity index (χ2n) is 8.48. The molecule has 10 nitrogen and oxygen atoms in total. The maximum atomic E-state index is 13.8. The summed E-state index contributed by atoms with van der Waals surface area (Å²) in [6.07, 6.45) is 5.93. The number of ether oxygens (including phenoxy) is 1. The van der Waals surface area contributed by atoms with Crippen LogP contribution < -0.4 is 10.1 Å². The minimum Gasteiger partial charge on any atom is -0.481 e. The summed E-state index contributed by atoms with van der Waals surface area (Å²) in [4.78, 5) is 35.6. The highest BCUT2D eigenvalue weighted by atomic mass is 35.5. The minimum atomic E-state index is -0.417. The Bertz CT molecular complexity index is 1430. The summed E-state index contributed by atoms with van der Waals surface area (Å²) >= 11 is 6.24. The van der Waals surface area contributed by atoms with Crippen LogP contribution in [0.2, 0.25) is 5.02 Å². The van der Waals surface area contributed by atoms with E-state index in [1.54, 1.807) is 39.9 Å². The van der Waals surface area contributed by atoms with Gasteiger partial charge in [0.15, 0.2) is 11.5 Å². The van der Waals surface area contributed by atoms with Crippen molar-refractivity contribution in [1.82, 2.24) is 34.8 Å². The Morgan fingerprint density at radius 3 is 2.86 bits per heavy atom. The van der Waals surface area contributed by atoms with Crippen LogP contribution in [0.3, 0.4) is 0 Å². The lowest BCUT2D eigenvalue weighted by Gasteiger charge is -2.31. The van der Waals surface area contributed by atoms with Crippen molar-refractivity contribution in [2.45, 2.75) is 19.4 Å². The molecule has 0 unspecified atom stereocenters. The average Bonchev–Trinajstić information content (AvgIpc) is 3.55. The lowest BCUT2D eigenvalue weighted by Crippen LogP contribution is -2.43. The zero-order valence-electron chi connectivity index (χ0n) is 19.4. The van der Waals surface area contributed by atoms with Gasteiger partial charge in [0, 0.05) is 43.0 Å². The van der Waals surface area contributed by atoms with E-state index in [0.717, 1.165) is 0 Å². The van der Waals surface area contributed by atoms with Gasteiger partial charge in [-0.1, -0.05) is 11.6 Å². The van der Waals surface area contributed by atoms with Crippen molar-refractivity contribution in [3.8, 4) is 17.1 Å². The number of aromatic nitrogens is 5. The van der Waals surface area contributed by atoms with Gasteiger partial charge in [-0.2, -0.15) is 5.10 Å². The Morgan fingerprint density at radius 2 is 2.11 bits per heavy atom. The van der Waals surface area contributed by atoms with E-state index in [0.29, 0.717) is 59.5 Å². The van der Waals surface area contributed by atoms with E-state index in [1.807, 2.05) is 0 Å². The molecular formula is C24H23ClFN7O3. The van der Waals surface area contributed by atoms with E-state index in [2.05, 4.69) is 25.5 Å². The van der Waals surface area contributed by atoms with Crippen molar-refractivity contribution >= 4 is 29.1 Å². The Morgan fingerprint density at radius 1 is 1.31 bits per heavy atom. The first-order chi connectivity index (χ1) is 17.4. The van der Waals surface area contributed by atoms with E-state index in [1.165, 1.54) is 19.4 Å². The first kappa shape index (κ1) is 23.7. The van der Waals surface area contributed by atoms with Gasteiger partial charge in [0.1, 0.15) is 5.69 Å². The van der Waals surface area contributed by atoms with Gasteiger partial charge in [-0.05, 0) is 31.0 Å². The van der Waals surface area contributed by atoms with Crippen LogP contribution in [0, 0.1) is 11.7 Å². The number of likely N-dealkylation sites (tertiary alicyclic amines) is 1. The number of nitrogens with zero attached hydrogens (tertiary/aromatic N) is 5. The lowest BCUT2D eigenvalue weighted by atomic mass is 9.95. The van der Waals surface area contributed by atoms with Crippen LogP contribution in [0.1, 0.15) is 29.0 Å². The van der Waals surface area contributed by atoms with Crippen molar-refractivity contribution in [2.24, 2.45) is 5.92 Å². The number of hydrogen-bond acceptors (Lipinski definition) is 6. The summed E-state index contributed by atoms with van der Waals surface area (Å²) < 4.78 is 20.5. The van der Waals surface area contributed by atoms with Crippen LogP contribution >= 0.6 is 11.6 Å². The van der Waals surface area contributed by atoms with Gasteiger partial charge in [-0.25, -0.2) is 14.4 Å². The Balaban J connectivity index is 1.16. The molecule has 36 heavy (non-hydrogen) atoms. The number of amides is 2. The monoisotopic (exact) mass is 511 g/mol. The van der Waals surface area contributed by atoms with E-state index in [-0.39, 0.29) is 29.9 Å². The van der Waals surface area contributed by atoms with E-state index < -0.39 is 5.82 Å². The summed E-state index contributed by atoms with van der Waals surface area (Å²) in [7, 11) is 1.50. The predicted octanol–water partition coefficient (Wildman–Crippen LogP) is 3.09. The van der Waals surface area contributed by atoms with Gasteiger partial charge in [-0.15, -0.1) is 0 Å². The molecule has 0 saturated carbocycles. The molecule has 12 heteroatoms. The van der Waals surface area contributed by atoms with Crippen molar-refractivity contribution in [2.75, 3.05) is 20.2 Å². The molecule has 1 saturated heterocycles. The van der Waals surface area contributed by atoms with Gasteiger partial charge in [0.2, 0.25) is 11.8 Å². The zero-order valence-corrected chi connectivity index (χ0v) is 20.1. The molecule has 2 N–H and O–H groups in total. The number of rotatable bonds is 6. The highest BCUT2D eigenvalue weighted by Crippen LogP contribution is 2.29. The van der Waals surface area contributed by atoms with Crippen molar-refractivity contribution < 1.29 is 18.7 Å². The fourth-order valence-corrected chi connectivity index (χ4v) is 4.45. The second-order valence-corrected chi connectivity index (χ2v) is 8.88. The van der Waals surface area contributed by atoms with Gasteiger partial charge in [-0.3, -0.25) is 14.7 Å². The molecule has 0 spiro atoms. The maximum absolute atomic E-state index is 13.8. The van der Waals surface area contributed by atoms with E-state index >= 15 is 0 Å². The maximum Gasteiger partial charge on any atom is 0.271 e. The number of hydrogen-bond donors (Lipinski definition) is 2. The Hall–Kier alpha value is -3.99. The molecule has 0 aromatic carbocycles. The molecular weight excluding hydrogens is 489 g/mol. The number of carbonyl (C=O) groups is 2. The number of fused-ring (bicyclic) bond motifs is 1. The second kappa shape index (κ2) is 9.94. The van der Waals surface area contributed by atoms with Gasteiger partial charge in [0.05, 0.1) is 36.3 Å². The number of imidazole rings is 1. The third-order valence-corrected chi connectivity index (χ3v) is 6.51. The molecule has 0 radical (unpaired) electrons. The van der Waals surface area contributed by atoms with Crippen molar-refractivity contribution in [3.05, 3.63) is 65.1 Å². The molecule has 4 aromatic heterocycles. The highest BCUT2D eigenvalue weighted by Gasteiger charge is 2.29. The fourth-order valence-electron chi connectivity index (χ4n) is 4.25. The number of nitrogens with one attached hydrogen (secondary N) is 2. The summed E-state index contributed by atoms with van der Waals surface area (Å²) in [5, 5.41) is 10.3. The van der Waals surface area contributed by atoms with Crippen molar-refractivity contribution in [1.29, 1.82) is 0 Å². The highest BCUT2D eigenvalue weighted by molar-refractivity contribution is 6.33. The quantitative estimate of drug-likeness (QED) is 0.411. The minimum absolute atomic E-state index is 0.107. The topological polar surface area (TPSA) is 118 Å². The predicted molar refractivity (Wildman–Crippen MR) is 129 cm³/mol. The van der Waals surface area contributed by atoms with Crippen LogP contribution in [-0.4, -0.2) is 61.5 Å². The summed E-state index contributed by atoms with van der Waals surface area (Å²) in [6.45, 7) is 1.09. The van der Waals surface area contributed by atoms with E-state index in [9.17, 15) is 14.0 Å². The fraction of sp³-hybridized carbons (Fsp3) is 0.292. The van der Waals surface area contributed by atoms with Gasteiger partial charge in [0.25, 0.3) is 5.91 Å². The molecule has 186 valence electrons. The number of pyridine rings is 2. The molecule has 2 amide bonds. The third kappa shape index (κ3) is 4.74. The standard InChI is InChI=1S/C24H23ClFN7O3/c1-36-21-9-16(17(25)12-27-21)19-10-20(31-30-19)24(35)32-7-4-14(5-8-32)23(34)28-11-15-13-33-6-2-3-18(26)22(33)29-15/h2-3,6,9-10,12-14H,4-5,7-8,11H2,1H3,(H,28,34)(H,30,31). The van der Waals surface area contributed by atoms with Crippen LogP contribution in [0.25, 0.3) is 16.9 Å². The number of piperidine rings is 1. The molecule has 1 aliphatic heterocycles. The number of aromatic amines is 1. The van der Waals surface area contributed by atoms with Crippen molar-refractivity contribution in [3.63, 3.8) is 0 Å². The largest absolute Gasteiger partial charge is 0.481 e. The first-order valence-corrected chi connectivity index (χ1v) is 11.7. The Kier molecular flexibility index (Phi) is 6.55. The number of carbonyl (C=O) groups excluding carboxylic acids is 2. The Labute approximate surface area is 210 Å².